The normalized spacial score (nSPS) is 17.9. The summed E-state index contributed by atoms with van der Waals surface area (Å²) in [4.78, 5) is 20.9. The molecule has 2 aromatic rings. The van der Waals surface area contributed by atoms with Crippen molar-refractivity contribution in [1.29, 1.82) is 0 Å². The number of hydrogen-bond acceptors (Lipinski definition) is 6. The van der Waals surface area contributed by atoms with E-state index in [0.29, 0.717) is 19.4 Å². The molecule has 1 aliphatic heterocycles. The van der Waals surface area contributed by atoms with Crippen LogP contribution in [0.15, 0.2) is 35.2 Å². The van der Waals surface area contributed by atoms with E-state index in [0.717, 1.165) is 23.5 Å². The number of carbonyl (C=O) groups is 1. The number of benzene rings is 1. The largest absolute Gasteiger partial charge is 0.273 e. The molecule has 0 bridgehead atoms. The van der Waals surface area contributed by atoms with Crippen LogP contribution in [0.1, 0.15) is 24.2 Å². The maximum absolute atomic E-state index is 13.1. The second-order valence-corrected chi connectivity index (χ2v) is 8.68. The molecule has 10 heteroatoms. The molecule has 8 nitrogen and oxygen atoms in total. The number of amides is 1. The van der Waals surface area contributed by atoms with Crippen molar-refractivity contribution in [2.75, 3.05) is 18.5 Å². The lowest BCUT2D eigenvalue weighted by atomic mass is 9.99. The van der Waals surface area contributed by atoms with Crippen LogP contribution < -0.4 is 10.9 Å². The molecule has 1 aromatic heterocycles. The molecule has 2 N–H and O–H groups in total. The zero-order chi connectivity index (χ0) is 20.3. The van der Waals surface area contributed by atoms with Gasteiger partial charge in [0.1, 0.15) is 5.82 Å². The van der Waals surface area contributed by atoms with Crippen molar-refractivity contribution in [3.63, 3.8) is 0 Å². The van der Waals surface area contributed by atoms with Gasteiger partial charge in [-0.25, -0.2) is 22.8 Å². The Morgan fingerprint density at radius 2 is 1.82 bits per heavy atom. The summed E-state index contributed by atoms with van der Waals surface area (Å²) in [5.41, 5.74) is 6.77. The van der Waals surface area contributed by atoms with Crippen LogP contribution in [0.4, 0.5) is 10.3 Å². The molecule has 1 amide bonds. The quantitative estimate of drug-likeness (QED) is 0.732. The van der Waals surface area contributed by atoms with Crippen molar-refractivity contribution in [1.82, 2.24) is 19.7 Å². The Hall–Kier alpha value is -2.59. The van der Waals surface area contributed by atoms with Gasteiger partial charge in [-0.1, -0.05) is 0 Å². The van der Waals surface area contributed by atoms with E-state index in [4.69, 9.17) is 0 Å². The number of nitrogens with one attached hydrogen (secondary N) is 2. The summed E-state index contributed by atoms with van der Waals surface area (Å²) in [6.45, 7) is 4.01. The molecule has 1 aliphatic rings. The van der Waals surface area contributed by atoms with Crippen LogP contribution in [0.25, 0.3) is 0 Å². The predicted molar refractivity (Wildman–Crippen MR) is 101 cm³/mol. The molecule has 0 radical (unpaired) electrons. The van der Waals surface area contributed by atoms with Gasteiger partial charge < -0.3 is 0 Å². The number of anilines is 1. The Labute approximate surface area is 163 Å². The topological polar surface area (TPSA) is 104 Å². The molecule has 1 aromatic carbocycles. The smallest absolute Gasteiger partial charge is 0.243 e. The van der Waals surface area contributed by atoms with Gasteiger partial charge >= 0.3 is 0 Å². The van der Waals surface area contributed by atoms with E-state index >= 15 is 0 Å². The summed E-state index contributed by atoms with van der Waals surface area (Å²) in [7, 11) is -3.78. The van der Waals surface area contributed by atoms with Gasteiger partial charge in [0, 0.05) is 24.5 Å². The van der Waals surface area contributed by atoms with E-state index in [2.05, 4.69) is 20.8 Å². The monoisotopic (exact) mass is 407 g/mol. The first kappa shape index (κ1) is 20.2. The average molecular weight is 407 g/mol. The minimum absolute atomic E-state index is 0.0109. The fraction of sp³-hybridized carbons (Fsp3) is 0.389. The molecule has 1 atom stereocenters. The Morgan fingerprint density at radius 3 is 2.46 bits per heavy atom. The summed E-state index contributed by atoms with van der Waals surface area (Å²) >= 11 is 0. The van der Waals surface area contributed by atoms with Gasteiger partial charge in [-0.15, -0.1) is 0 Å². The van der Waals surface area contributed by atoms with Gasteiger partial charge in [-0.05, 0) is 57.0 Å². The number of carbonyl (C=O) groups excluding carboxylic acids is 1. The highest BCUT2D eigenvalue weighted by Gasteiger charge is 2.33. The number of hydrazine groups is 1. The maximum atomic E-state index is 13.1. The molecule has 1 saturated heterocycles. The van der Waals surface area contributed by atoms with Crippen molar-refractivity contribution < 1.29 is 17.6 Å². The Morgan fingerprint density at radius 1 is 1.18 bits per heavy atom. The van der Waals surface area contributed by atoms with E-state index in [1.165, 1.54) is 16.4 Å². The zero-order valence-corrected chi connectivity index (χ0v) is 16.5. The fourth-order valence-electron chi connectivity index (χ4n) is 3.13. The molecule has 0 spiro atoms. The molecule has 150 valence electrons. The molecule has 3 rings (SSSR count). The average Bonchev–Trinajstić information content (AvgIpc) is 2.66. The Kier molecular flexibility index (Phi) is 5.90. The number of sulfonamides is 1. The standard InChI is InChI=1S/C18H22FN5O3S/c1-12-10-13(2)21-18(20-12)23-22-17(25)14-4-3-9-24(11-14)28(26,27)16-7-5-15(19)6-8-16/h5-8,10,14H,3-4,9,11H2,1-2H3,(H,22,25)(H,20,21,23)/t14-/m0/s1. The Balaban J connectivity index is 1.65. The number of hydrogen-bond donors (Lipinski definition) is 2. The second kappa shape index (κ2) is 8.19. The predicted octanol–water partition coefficient (Wildman–Crippen LogP) is 1.78. The van der Waals surface area contributed by atoms with E-state index < -0.39 is 21.8 Å². The molecule has 28 heavy (non-hydrogen) atoms. The molecular weight excluding hydrogens is 385 g/mol. The summed E-state index contributed by atoms with van der Waals surface area (Å²) in [6.07, 6.45) is 1.12. The molecule has 0 aliphatic carbocycles. The van der Waals surface area contributed by atoms with E-state index in [1.807, 2.05) is 19.9 Å². The van der Waals surface area contributed by atoms with Gasteiger partial charge in [0.05, 0.1) is 10.8 Å². The highest BCUT2D eigenvalue weighted by Crippen LogP contribution is 2.24. The summed E-state index contributed by atoms with van der Waals surface area (Å²) < 4.78 is 39.9. The van der Waals surface area contributed by atoms with Crippen LogP contribution in [0.5, 0.6) is 0 Å². The van der Waals surface area contributed by atoms with Crippen molar-refractivity contribution in [3.05, 3.63) is 47.5 Å². The van der Waals surface area contributed by atoms with E-state index in [9.17, 15) is 17.6 Å². The summed E-state index contributed by atoms with van der Waals surface area (Å²) in [5, 5.41) is 0. The number of aryl methyl sites for hydroxylation is 2. The van der Waals surface area contributed by atoms with Gasteiger partial charge in [0.2, 0.25) is 21.9 Å². The number of aromatic nitrogens is 2. The molecule has 2 heterocycles. The van der Waals surface area contributed by atoms with Crippen LogP contribution >= 0.6 is 0 Å². The molecular formula is C18H22FN5O3S. The van der Waals surface area contributed by atoms with Crippen LogP contribution in [0.2, 0.25) is 0 Å². The van der Waals surface area contributed by atoms with Crippen LogP contribution in [-0.2, 0) is 14.8 Å². The Bertz CT molecular complexity index is 945. The lowest BCUT2D eigenvalue weighted by molar-refractivity contribution is -0.125. The van der Waals surface area contributed by atoms with Gasteiger partial charge in [-0.3, -0.25) is 15.6 Å². The van der Waals surface area contributed by atoms with Crippen molar-refractivity contribution in [2.45, 2.75) is 31.6 Å². The number of halogens is 1. The van der Waals surface area contributed by atoms with Gasteiger partial charge in [0.15, 0.2) is 0 Å². The molecule has 0 unspecified atom stereocenters. The lowest BCUT2D eigenvalue weighted by Gasteiger charge is -2.31. The third kappa shape index (κ3) is 4.63. The minimum Gasteiger partial charge on any atom is -0.273 e. The van der Waals surface area contributed by atoms with E-state index in [1.54, 1.807) is 0 Å². The summed E-state index contributed by atoms with van der Waals surface area (Å²) in [5.74, 6) is -1.07. The minimum atomic E-state index is -3.78. The highest BCUT2D eigenvalue weighted by atomic mass is 32.2. The van der Waals surface area contributed by atoms with Crippen molar-refractivity contribution in [3.8, 4) is 0 Å². The highest BCUT2D eigenvalue weighted by molar-refractivity contribution is 7.89. The van der Waals surface area contributed by atoms with Gasteiger partial charge in [-0.2, -0.15) is 4.31 Å². The number of nitrogens with zero attached hydrogens (tertiary/aromatic N) is 3. The SMILES string of the molecule is Cc1cc(C)nc(NNC(=O)[C@H]2CCCN(S(=O)(=O)c3ccc(F)cc3)C2)n1. The maximum Gasteiger partial charge on any atom is 0.243 e. The van der Waals surface area contributed by atoms with Crippen LogP contribution in [0.3, 0.4) is 0 Å². The lowest BCUT2D eigenvalue weighted by Crippen LogP contribution is -2.46. The van der Waals surface area contributed by atoms with Gasteiger partial charge in [0.25, 0.3) is 0 Å². The first-order chi connectivity index (χ1) is 13.3. The third-order valence-electron chi connectivity index (χ3n) is 4.49. The van der Waals surface area contributed by atoms with Crippen LogP contribution in [-0.4, -0.2) is 41.7 Å². The zero-order valence-electron chi connectivity index (χ0n) is 15.6. The first-order valence-corrected chi connectivity index (χ1v) is 10.3. The van der Waals surface area contributed by atoms with Crippen molar-refractivity contribution >= 4 is 21.9 Å². The van der Waals surface area contributed by atoms with Crippen molar-refractivity contribution in [2.24, 2.45) is 5.92 Å². The molecule has 0 saturated carbocycles. The number of piperidine rings is 1. The van der Waals surface area contributed by atoms with Crippen LogP contribution in [0, 0.1) is 25.6 Å². The van der Waals surface area contributed by atoms with E-state index in [-0.39, 0.29) is 23.3 Å². The first-order valence-electron chi connectivity index (χ1n) is 8.89. The fourth-order valence-corrected chi connectivity index (χ4v) is 4.66. The molecule has 1 fully saturated rings. The third-order valence-corrected chi connectivity index (χ3v) is 6.37. The number of rotatable bonds is 5. The summed E-state index contributed by atoms with van der Waals surface area (Å²) in [6, 6.07) is 6.48. The second-order valence-electron chi connectivity index (χ2n) is 6.74.